The van der Waals surface area contributed by atoms with Crippen molar-refractivity contribution in [1.29, 1.82) is 0 Å². The molecule has 166 valence electrons. The van der Waals surface area contributed by atoms with E-state index < -0.39 is 58.5 Å². The van der Waals surface area contributed by atoms with E-state index in [-0.39, 0.29) is 11.4 Å². The molecule has 0 saturated carbocycles. The van der Waals surface area contributed by atoms with Gasteiger partial charge in [0, 0.05) is 18.0 Å². The van der Waals surface area contributed by atoms with Crippen molar-refractivity contribution in [3.63, 3.8) is 0 Å². The minimum Gasteiger partial charge on any atom is -0.828 e. The van der Waals surface area contributed by atoms with Crippen molar-refractivity contribution in [3.8, 4) is 5.75 Å². The summed E-state index contributed by atoms with van der Waals surface area (Å²) < 4.78 is 10.3. The number of nitrogens with one attached hydrogen (secondary N) is 1. The van der Waals surface area contributed by atoms with E-state index >= 15 is 0 Å². The van der Waals surface area contributed by atoms with Gasteiger partial charge in [-0.05, 0) is 30.3 Å². The summed E-state index contributed by atoms with van der Waals surface area (Å²) in [6, 6.07) is 8.90. The highest BCUT2D eigenvalue weighted by molar-refractivity contribution is 5.71. The van der Waals surface area contributed by atoms with E-state index in [4.69, 9.17) is 14.6 Å². The van der Waals surface area contributed by atoms with Crippen LogP contribution in [0.1, 0.15) is 0 Å². The standard InChI is InChI=1S/C18H18N3O10/c22-8-14-15(23)16(24)17(18(25)31-14)30-11-4-1-9(2-5-11)19-12-6-3-10(20(26)27)7-13(12)21(28)29/h1-7,14-19,22-24H,8H2/q-1/t14-,15-,16+,17-,18+/m1/s1. The zero-order valence-corrected chi connectivity index (χ0v) is 15.7. The lowest BCUT2D eigenvalue weighted by molar-refractivity contribution is -0.530. The molecule has 13 nitrogen and oxygen atoms in total. The number of nitrogens with zero attached hydrogens (tertiary/aromatic N) is 2. The summed E-state index contributed by atoms with van der Waals surface area (Å²) in [5, 5.41) is 65.9. The lowest BCUT2D eigenvalue weighted by Gasteiger charge is -2.45. The Kier molecular flexibility index (Phi) is 6.62. The molecule has 1 aliphatic rings. The molecule has 1 fully saturated rings. The van der Waals surface area contributed by atoms with Gasteiger partial charge in [-0.2, -0.15) is 0 Å². The Morgan fingerprint density at radius 2 is 1.71 bits per heavy atom. The lowest BCUT2D eigenvalue weighted by atomic mass is 9.99. The van der Waals surface area contributed by atoms with E-state index in [0.29, 0.717) is 5.69 Å². The fourth-order valence-electron chi connectivity index (χ4n) is 3.00. The van der Waals surface area contributed by atoms with Crippen molar-refractivity contribution in [2.75, 3.05) is 11.9 Å². The number of anilines is 2. The van der Waals surface area contributed by atoms with Gasteiger partial charge in [0.25, 0.3) is 11.4 Å². The number of benzene rings is 2. The summed E-state index contributed by atoms with van der Waals surface area (Å²) in [6.07, 6.45) is -7.61. The average Bonchev–Trinajstić information content (AvgIpc) is 2.74. The van der Waals surface area contributed by atoms with Crippen LogP contribution in [-0.2, 0) is 4.74 Å². The first-order valence-electron chi connectivity index (χ1n) is 8.96. The Balaban J connectivity index is 1.73. The maximum Gasteiger partial charge on any atom is 0.299 e. The summed E-state index contributed by atoms with van der Waals surface area (Å²) in [5.74, 6) is 0.145. The molecule has 2 aromatic carbocycles. The predicted octanol–water partition coefficient (Wildman–Crippen LogP) is -0.207. The SMILES string of the molecule is O=[N+]([O-])c1ccc(Nc2ccc(O[C@@H]3[C@@H](O)[C@H](O)[C@@H](CO)O[C@@H]3[O-])cc2)c([N+](=O)[O-])c1. The minimum atomic E-state index is -1.85. The second-order valence-corrected chi connectivity index (χ2v) is 6.65. The second-order valence-electron chi connectivity index (χ2n) is 6.65. The normalized spacial score (nSPS) is 25.6. The molecule has 0 amide bonds. The molecule has 31 heavy (non-hydrogen) atoms. The minimum absolute atomic E-state index is 0.0261. The van der Waals surface area contributed by atoms with Crippen LogP contribution in [0, 0.1) is 20.2 Å². The Labute approximate surface area is 174 Å². The third-order valence-corrected chi connectivity index (χ3v) is 4.62. The number of aliphatic hydroxyl groups excluding tert-OH is 3. The molecule has 0 radical (unpaired) electrons. The number of nitro groups is 2. The topological polar surface area (TPSA) is 201 Å². The lowest BCUT2D eigenvalue weighted by Crippen LogP contribution is -2.64. The fraction of sp³-hybridized carbons (Fsp3) is 0.333. The highest BCUT2D eigenvalue weighted by atomic mass is 16.7. The number of nitro benzene ring substituents is 2. The van der Waals surface area contributed by atoms with Gasteiger partial charge in [0.15, 0.2) is 0 Å². The molecule has 1 heterocycles. The van der Waals surface area contributed by atoms with Crippen molar-refractivity contribution >= 4 is 22.7 Å². The molecule has 3 rings (SSSR count). The number of rotatable bonds is 7. The number of non-ortho nitro benzene ring substituents is 1. The second kappa shape index (κ2) is 9.20. The molecule has 0 bridgehead atoms. The summed E-state index contributed by atoms with van der Waals surface area (Å²) >= 11 is 0. The van der Waals surface area contributed by atoms with E-state index in [1.165, 1.54) is 30.3 Å². The van der Waals surface area contributed by atoms with Crippen molar-refractivity contribution < 1.29 is 39.7 Å². The van der Waals surface area contributed by atoms with Gasteiger partial charge < -0.3 is 35.2 Å². The highest BCUT2D eigenvalue weighted by Gasteiger charge is 2.41. The van der Waals surface area contributed by atoms with Gasteiger partial charge in [0.05, 0.1) is 22.5 Å². The van der Waals surface area contributed by atoms with Gasteiger partial charge in [-0.25, -0.2) is 0 Å². The van der Waals surface area contributed by atoms with Gasteiger partial charge in [-0.3, -0.25) is 20.2 Å². The molecule has 2 aromatic rings. The summed E-state index contributed by atoms with van der Waals surface area (Å²) in [6.45, 7) is -0.640. The Morgan fingerprint density at radius 3 is 2.29 bits per heavy atom. The Morgan fingerprint density at radius 1 is 1.03 bits per heavy atom. The molecule has 0 unspecified atom stereocenters. The molecule has 1 aliphatic heterocycles. The first-order valence-corrected chi connectivity index (χ1v) is 8.96. The molecule has 0 spiro atoms. The first kappa shape index (κ1) is 22.3. The number of aliphatic hydroxyl groups is 3. The number of hydrogen-bond donors (Lipinski definition) is 4. The van der Waals surface area contributed by atoms with Gasteiger partial charge in [0.2, 0.25) is 0 Å². The molecule has 5 atom stereocenters. The van der Waals surface area contributed by atoms with Gasteiger partial charge in [0.1, 0.15) is 35.9 Å². The van der Waals surface area contributed by atoms with Crippen LogP contribution in [0.4, 0.5) is 22.7 Å². The quantitative estimate of drug-likeness (QED) is 0.330. The zero-order valence-electron chi connectivity index (χ0n) is 15.7. The molecule has 0 aromatic heterocycles. The molecule has 13 heteroatoms. The third-order valence-electron chi connectivity index (χ3n) is 4.62. The van der Waals surface area contributed by atoms with Crippen molar-refractivity contribution in [1.82, 2.24) is 0 Å². The van der Waals surface area contributed by atoms with Crippen LogP contribution in [0.15, 0.2) is 42.5 Å². The highest BCUT2D eigenvalue weighted by Crippen LogP contribution is 2.32. The Hall–Kier alpha value is -3.36. The van der Waals surface area contributed by atoms with Crippen LogP contribution in [0.3, 0.4) is 0 Å². The van der Waals surface area contributed by atoms with Crippen LogP contribution in [0.25, 0.3) is 0 Å². The van der Waals surface area contributed by atoms with E-state index in [0.717, 1.165) is 12.1 Å². The fourth-order valence-corrected chi connectivity index (χ4v) is 3.00. The third kappa shape index (κ3) is 4.87. The van der Waals surface area contributed by atoms with Crippen molar-refractivity contribution in [2.45, 2.75) is 30.7 Å². The van der Waals surface area contributed by atoms with E-state index in [1.54, 1.807) is 0 Å². The van der Waals surface area contributed by atoms with Crippen LogP contribution >= 0.6 is 0 Å². The van der Waals surface area contributed by atoms with E-state index in [1.807, 2.05) is 0 Å². The van der Waals surface area contributed by atoms with Crippen molar-refractivity contribution in [3.05, 3.63) is 62.7 Å². The Bertz CT molecular complexity index is 954. The summed E-state index contributed by atoms with van der Waals surface area (Å²) in [5.41, 5.74) is -0.507. The summed E-state index contributed by atoms with van der Waals surface area (Å²) in [7, 11) is 0. The van der Waals surface area contributed by atoms with E-state index in [9.17, 15) is 35.5 Å². The zero-order chi connectivity index (χ0) is 22.7. The van der Waals surface area contributed by atoms with Gasteiger partial charge in [-0.1, -0.05) is 0 Å². The maximum atomic E-state index is 12.0. The van der Waals surface area contributed by atoms with Gasteiger partial charge >= 0.3 is 0 Å². The smallest absolute Gasteiger partial charge is 0.299 e. The molecule has 4 N–H and O–H groups in total. The number of hydrogen-bond acceptors (Lipinski definition) is 11. The van der Waals surface area contributed by atoms with Crippen LogP contribution in [0.2, 0.25) is 0 Å². The van der Waals surface area contributed by atoms with Crippen LogP contribution in [-0.4, -0.2) is 62.5 Å². The molecular formula is C18H18N3O10-. The predicted molar refractivity (Wildman–Crippen MR) is 102 cm³/mol. The van der Waals surface area contributed by atoms with Crippen molar-refractivity contribution in [2.24, 2.45) is 0 Å². The molecule has 1 saturated heterocycles. The van der Waals surface area contributed by atoms with Crippen LogP contribution in [0.5, 0.6) is 5.75 Å². The summed E-state index contributed by atoms with van der Waals surface area (Å²) in [4.78, 5) is 20.5. The first-order chi connectivity index (χ1) is 14.7. The monoisotopic (exact) mass is 436 g/mol. The molecular weight excluding hydrogens is 418 g/mol. The number of ether oxygens (including phenoxy) is 2. The maximum absolute atomic E-state index is 12.0. The van der Waals surface area contributed by atoms with E-state index in [2.05, 4.69) is 5.32 Å². The largest absolute Gasteiger partial charge is 0.828 e. The average molecular weight is 436 g/mol. The van der Waals surface area contributed by atoms with Crippen LogP contribution < -0.4 is 15.2 Å². The molecule has 0 aliphatic carbocycles. The van der Waals surface area contributed by atoms with Gasteiger partial charge in [-0.15, -0.1) is 0 Å².